The first kappa shape index (κ1) is 18.7. The fourth-order valence-corrected chi connectivity index (χ4v) is 3.28. The van der Waals surface area contributed by atoms with Crippen LogP contribution in [0.3, 0.4) is 0 Å². The third-order valence-corrected chi connectivity index (χ3v) is 4.68. The monoisotopic (exact) mass is 334 g/mol. The van der Waals surface area contributed by atoms with E-state index in [-0.39, 0.29) is 24.0 Å². The smallest absolute Gasteiger partial charge is 0.223 e. The van der Waals surface area contributed by atoms with E-state index in [2.05, 4.69) is 17.4 Å². The normalized spacial score (nSPS) is 23.7. The molecular formula is C19H30N2O3. The van der Waals surface area contributed by atoms with Crippen LogP contribution in [0.15, 0.2) is 24.3 Å². The summed E-state index contributed by atoms with van der Waals surface area (Å²) < 4.78 is 10.8. The molecule has 0 bridgehead atoms. The second-order valence-electron chi connectivity index (χ2n) is 6.42. The minimum absolute atomic E-state index is 0.0249. The first-order valence-electron chi connectivity index (χ1n) is 8.91. The van der Waals surface area contributed by atoms with Crippen molar-refractivity contribution in [3.05, 3.63) is 29.8 Å². The SMILES string of the molecule is CCOc1ccc(CCCNC(=O)[C@H]2CC[C@@H](OC)[C@H](N)C2)cc1. The van der Waals surface area contributed by atoms with Gasteiger partial charge in [0.2, 0.25) is 5.91 Å². The molecule has 0 saturated heterocycles. The predicted octanol–water partition coefficient (Wildman–Crippen LogP) is 2.28. The van der Waals surface area contributed by atoms with Crippen LogP contribution in [0.25, 0.3) is 0 Å². The Morgan fingerprint density at radius 1 is 1.29 bits per heavy atom. The molecule has 1 aliphatic carbocycles. The van der Waals surface area contributed by atoms with E-state index < -0.39 is 0 Å². The van der Waals surface area contributed by atoms with Gasteiger partial charge in [0.05, 0.1) is 12.7 Å². The average Bonchev–Trinajstić information content (AvgIpc) is 2.60. The molecule has 3 N–H and O–H groups in total. The van der Waals surface area contributed by atoms with E-state index in [9.17, 15) is 4.79 Å². The van der Waals surface area contributed by atoms with E-state index in [0.29, 0.717) is 19.6 Å². The van der Waals surface area contributed by atoms with Gasteiger partial charge >= 0.3 is 0 Å². The second kappa shape index (κ2) is 9.64. The number of aryl methyl sites for hydroxylation is 1. The summed E-state index contributed by atoms with van der Waals surface area (Å²) in [6.07, 6.45) is 4.40. The fraction of sp³-hybridized carbons (Fsp3) is 0.632. The van der Waals surface area contributed by atoms with E-state index in [1.165, 1.54) is 5.56 Å². The van der Waals surface area contributed by atoms with Crippen molar-refractivity contribution in [2.24, 2.45) is 11.7 Å². The summed E-state index contributed by atoms with van der Waals surface area (Å²) in [7, 11) is 1.69. The first-order valence-corrected chi connectivity index (χ1v) is 8.91. The molecule has 134 valence electrons. The van der Waals surface area contributed by atoms with Crippen molar-refractivity contribution in [2.45, 2.75) is 51.2 Å². The molecule has 0 radical (unpaired) electrons. The van der Waals surface area contributed by atoms with Crippen molar-refractivity contribution in [3.63, 3.8) is 0 Å². The molecule has 3 atom stereocenters. The molecular weight excluding hydrogens is 304 g/mol. The Morgan fingerprint density at radius 2 is 2.04 bits per heavy atom. The molecule has 1 aromatic carbocycles. The summed E-state index contributed by atoms with van der Waals surface area (Å²) in [5, 5.41) is 3.05. The number of rotatable bonds is 8. The van der Waals surface area contributed by atoms with Gasteiger partial charge < -0.3 is 20.5 Å². The number of amides is 1. The van der Waals surface area contributed by atoms with Crippen LogP contribution in [-0.2, 0) is 16.0 Å². The highest BCUT2D eigenvalue weighted by molar-refractivity contribution is 5.78. The molecule has 5 nitrogen and oxygen atoms in total. The van der Waals surface area contributed by atoms with Crippen LogP contribution in [0.2, 0.25) is 0 Å². The molecule has 1 aromatic rings. The van der Waals surface area contributed by atoms with E-state index in [0.717, 1.165) is 31.4 Å². The van der Waals surface area contributed by atoms with Crippen LogP contribution in [0.5, 0.6) is 5.75 Å². The number of carbonyl (C=O) groups is 1. The lowest BCUT2D eigenvalue weighted by atomic mass is 9.83. The molecule has 1 amide bonds. The van der Waals surface area contributed by atoms with E-state index in [1.807, 2.05) is 19.1 Å². The van der Waals surface area contributed by atoms with Crippen LogP contribution in [0, 0.1) is 5.92 Å². The number of ether oxygens (including phenoxy) is 2. The summed E-state index contributed by atoms with van der Waals surface area (Å²) in [4.78, 5) is 12.2. The minimum atomic E-state index is -0.0386. The van der Waals surface area contributed by atoms with E-state index >= 15 is 0 Å². The summed E-state index contributed by atoms with van der Waals surface area (Å²) in [5.41, 5.74) is 7.33. The number of methoxy groups -OCH3 is 1. The number of nitrogens with two attached hydrogens (primary N) is 1. The molecule has 0 spiro atoms. The Kier molecular flexibility index (Phi) is 7.53. The zero-order chi connectivity index (χ0) is 17.4. The molecule has 1 fully saturated rings. The second-order valence-corrected chi connectivity index (χ2v) is 6.42. The summed E-state index contributed by atoms with van der Waals surface area (Å²) in [6, 6.07) is 8.11. The standard InChI is InChI=1S/C19H30N2O3/c1-3-24-16-9-6-14(7-10-16)5-4-12-21-19(22)15-8-11-18(23-2)17(20)13-15/h6-7,9-10,15,17-18H,3-5,8,11-13,20H2,1-2H3,(H,21,22)/t15-,17+,18+/m0/s1. The van der Waals surface area contributed by atoms with Crippen molar-refractivity contribution in [1.82, 2.24) is 5.32 Å². The van der Waals surface area contributed by atoms with Gasteiger partial charge in [-0.2, -0.15) is 0 Å². The van der Waals surface area contributed by atoms with E-state index in [4.69, 9.17) is 15.2 Å². The van der Waals surface area contributed by atoms with Crippen LogP contribution < -0.4 is 15.8 Å². The first-order chi connectivity index (χ1) is 11.6. The van der Waals surface area contributed by atoms with Crippen LogP contribution in [-0.4, -0.2) is 38.3 Å². The third-order valence-electron chi connectivity index (χ3n) is 4.68. The number of benzene rings is 1. The highest BCUT2D eigenvalue weighted by atomic mass is 16.5. The van der Waals surface area contributed by atoms with Gasteiger partial charge in [0.25, 0.3) is 0 Å². The Bertz CT molecular complexity index is 504. The molecule has 2 rings (SSSR count). The average molecular weight is 334 g/mol. The minimum Gasteiger partial charge on any atom is -0.494 e. The van der Waals surface area contributed by atoms with Crippen LogP contribution in [0.4, 0.5) is 0 Å². The Balaban J connectivity index is 1.66. The van der Waals surface area contributed by atoms with Gasteiger partial charge in [-0.15, -0.1) is 0 Å². The Labute approximate surface area is 144 Å². The maximum Gasteiger partial charge on any atom is 0.223 e. The lowest BCUT2D eigenvalue weighted by Gasteiger charge is -2.32. The van der Waals surface area contributed by atoms with Gasteiger partial charge in [-0.3, -0.25) is 4.79 Å². The fourth-order valence-electron chi connectivity index (χ4n) is 3.28. The highest BCUT2D eigenvalue weighted by Gasteiger charge is 2.31. The van der Waals surface area contributed by atoms with Crippen molar-refractivity contribution < 1.29 is 14.3 Å². The van der Waals surface area contributed by atoms with Crippen molar-refractivity contribution >= 4 is 5.91 Å². The number of hydrogen-bond acceptors (Lipinski definition) is 4. The molecule has 0 aliphatic heterocycles. The quantitative estimate of drug-likeness (QED) is 0.715. The Hall–Kier alpha value is -1.59. The van der Waals surface area contributed by atoms with Gasteiger partial charge in [0, 0.05) is 25.6 Å². The van der Waals surface area contributed by atoms with Gasteiger partial charge in [-0.05, 0) is 56.7 Å². The van der Waals surface area contributed by atoms with Gasteiger partial charge in [0.1, 0.15) is 5.75 Å². The summed E-state index contributed by atoms with van der Waals surface area (Å²) >= 11 is 0. The van der Waals surface area contributed by atoms with Crippen LogP contribution in [0.1, 0.15) is 38.2 Å². The zero-order valence-electron chi connectivity index (χ0n) is 14.8. The zero-order valence-corrected chi connectivity index (χ0v) is 14.8. The van der Waals surface area contributed by atoms with E-state index in [1.54, 1.807) is 7.11 Å². The molecule has 0 aromatic heterocycles. The van der Waals surface area contributed by atoms with Crippen molar-refractivity contribution in [1.29, 1.82) is 0 Å². The summed E-state index contributed by atoms with van der Waals surface area (Å²) in [6.45, 7) is 3.36. The lowest BCUT2D eigenvalue weighted by molar-refractivity contribution is -0.127. The molecule has 0 heterocycles. The number of carbonyl (C=O) groups excluding carboxylic acids is 1. The molecule has 5 heteroatoms. The lowest BCUT2D eigenvalue weighted by Crippen LogP contribution is -2.45. The van der Waals surface area contributed by atoms with Crippen molar-refractivity contribution in [3.8, 4) is 5.75 Å². The maximum absolute atomic E-state index is 12.2. The molecule has 24 heavy (non-hydrogen) atoms. The maximum atomic E-state index is 12.2. The van der Waals surface area contributed by atoms with Crippen molar-refractivity contribution in [2.75, 3.05) is 20.3 Å². The largest absolute Gasteiger partial charge is 0.494 e. The highest BCUT2D eigenvalue weighted by Crippen LogP contribution is 2.25. The predicted molar refractivity (Wildman–Crippen MR) is 95.1 cm³/mol. The number of hydrogen-bond donors (Lipinski definition) is 2. The van der Waals surface area contributed by atoms with Gasteiger partial charge in [-0.25, -0.2) is 0 Å². The van der Waals surface area contributed by atoms with Gasteiger partial charge in [0.15, 0.2) is 0 Å². The van der Waals surface area contributed by atoms with Crippen LogP contribution >= 0.6 is 0 Å². The Morgan fingerprint density at radius 3 is 2.67 bits per heavy atom. The topological polar surface area (TPSA) is 73.6 Å². The summed E-state index contributed by atoms with van der Waals surface area (Å²) in [5.74, 6) is 1.06. The molecule has 1 aliphatic rings. The van der Waals surface area contributed by atoms with Gasteiger partial charge in [-0.1, -0.05) is 12.1 Å². The molecule has 1 saturated carbocycles. The number of nitrogens with one attached hydrogen (secondary N) is 1. The molecule has 0 unspecified atom stereocenters. The third kappa shape index (κ3) is 5.49.